The second-order valence-electron chi connectivity index (χ2n) is 6.32. The van der Waals surface area contributed by atoms with Crippen molar-refractivity contribution in [3.05, 3.63) is 53.7 Å². The number of hydrogen-bond donors (Lipinski definition) is 1. The highest BCUT2D eigenvalue weighted by molar-refractivity contribution is 5.93. The first-order chi connectivity index (χ1) is 12.2. The van der Waals surface area contributed by atoms with Gasteiger partial charge in [-0.25, -0.2) is 14.4 Å². The maximum Gasteiger partial charge on any atom is 0.272 e. The van der Waals surface area contributed by atoms with E-state index in [0.717, 1.165) is 31.4 Å². The van der Waals surface area contributed by atoms with Crippen molar-refractivity contribution in [2.45, 2.75) is 45.2 Å². The molecule has 3 rings (SSSR count). The van der Waals surface area contributed by atoms with E-state index in [1.165, 1.54) is 24.9 Å². The van der Waals surface area contributed by atoms with Crippen LogP contribution in [0.4, 0.5) is 10.2 Å². The fourth-order valence-electron chi connectivity index (χ4n) is 3.21. The average Bonchev–Trinajstić information content (AvgIpc) is 2.67. The van der Waals surface area contributed by atoms with Crippen LogP contribution >= 0.6 is 0 Å². The summed E-state index contributed by atoms with van der Waals surface area (Å²) in [6.07, 6.45) is 5.65. The summed E-state index contributed by atoms with van der Waals surface area (Å²) in [7, 11) is 0. The maximum atomic E-state index is 12.9. The lowest BCUT2D eigenvalue weighted by Crippen LogP contribution is -2.43. The lowest BCUT2D eigenvalue weighted by Gasteiger charge is -2.35. The van der Waals surface area contributed by atoms with Gasteiger partial charge in [-0.3, -0.25) is 4.79 Å². The molecule has 1 saturated heterocycles. The molecule has 1 atom stereocenters. The van der Waals surface area contributed by atoms with Crippen LogP contribution in [0.15, 0.2) is 36.7 Å². The van der Waals surface area contributed by atoms with Crippen molar-refractivity contribution in [2.75, 3.05) is 11.9 Å². The van der Waals surface area contributed by atoms with E-state index in [2.05, 4.69) is 22.2 Å². The molecule has 0 radical (unpaired) electrons. The van der Waals surface area contributed by atoms with E-state index in [0.29, 0.717) is 24.1 Å². The Morgan fingerprint density at radius 3 is 2.84 bits per heavy atom. The SMILES string of the molecule is CCC1CCCCN1C(=O)c1cc(NCc2ccc(F)cc2)ncn1. The van der Waals surface area contributed by atoms with E-state index in [4.69, 9.17) is 0 Å². The molecule has 1 amide bonds. The van der Waals surface area contributed by atoms with Crippen molar-refractivity contribution < 1.29 is 9.18 Å². The number of rotatable bonds is 5. The molecular weight excluding hydrogens is 319 g/mol. The fourth-order valence-corrected chi connectivity index (χ4v) is 3.21. The van der Waals surface area contributed by atoms with Gasteiger partial charge in [0.25, 0.3) is 5.91 Å². The molecule has 1 unspecified atom stereocenters. The van der Waals surface area contributed by atoms with Gasteiger partial charge < -0.3 is 10.2 Å². The first kappa shape index (κ1) is 17.3. The van der Waals surface area contributed by atoms with E-state index in [-0.39, 0.29) is 11.7 Å². The summed E-state index contributed by atoms with van der Waals surface area (Å²) in [5.74, 6) is 0.303. The van der Waals surface area contributed by atoms with Gasteiger partial charge in [-0.05, 0) is 43.4 Å². The summed E-state index contributed by atoms with van der Waals surface area (Å²) < 4.78 is 12.9. The number of anilines is 1. The first-order valence-corrected chi connectivity index (χ1v) is 8.78. The Morgan fingerprint density at radius 2 is 2.08 bits per heavy atom. The summed E-state index contributed by atoms with van der Waals surface area (Å²) in [6, 6.07) is 8.27. The van der Waals surface area contributed by atoms with E-state index < -0.39 is 0 Å². The normalized spacial score (nSPS) is 17.4. The van der Waals surface area contributed by atoms with Crippen molar-refractivity contribution in [3.8, 4) is 0 Å². The predicted molar refractivity (Wildman–Crippen MR) is 94.7 cm³/mol. The number of nitrogens with one attached hydrogen (secondary N) is 1. The van der Waals surface area contributed by atoms with Crippen molar-refractivity contribution in [3.63, 3.8) is 0 Å². The van der Waals surface area contributed by atoms with Crippen LogP contribution in [0.5, 0.6) is 0 Å². The number of aromatic nitrogens is 2. The average molecular weight is 342 g/mol. The summed E-state index contributed by atoms with van der Waals surface area (Å²) >= 11 is 0. The van der Waals surface area contributed by atoms with Crippen molar-refractivity contribution >= 4 is 11.7 Å². The van der Waals surface area contributed by atoms with Gasteiger partial charge >= 0.3 is 0 Å². The molecule has 1 aliphatic rings. The zero-order valence-electron chi connectivity index (χ0n) is 14.4. The molecule has 0 saturated carbocycles. The molecule has 0 aliphatic carbocycles. The minimum Gasteiger partial charge on any atom is -0.366 e. The van der Waals surface area contributed by atoms with Crippen LogP contribution < -0.4 is 5.32 Å². The van der Waals surface area contributed by atoms with Gasteiger partial charge in [-0.2, -0.15) is 0 Å². The summed E-state index contributed by atoms with van der Waals surface area (Å²) in [4.78, 5) is 23.1. The molecule has 0 bridgehead atoms. The molecular formula is C19H23FN4O. The molecule has 132 valence electrons. The molecule has 1 aromatic carbocycles. The van der Waals surface area contributed by atoms with Gasteiger partial charge in [0.1, 0.15) is 23.7 Å². The van der Waals surface area contributed by atoms with Crippen LogP contribution in [0.1, 0.15) is 48.7 Å². The smallest absolute Gasteiger partial charge is 0.272 e. The third-order valence-electron chi connectivity index (χ3n) is 4.63. The number of nitrogens with zero attached hydrogens (tertiary/aromatic N) is 3. The van der Waals surface area contributed by atoms with Gasteiger partial charge in [0.05, 0.1) is 0 Å². The molecule has 25 heavy (non-hydrogen) atoms. The number of benzene rings is 1. The molecule has 2 heterocycles. The van der Waals surface area contributed by atoms with Crippen LogP contribution in [0.25, 0.3) is 0 Å². The minimum atomic E-state index is -0.259. The van der Waals surface area contributed by atoms with E-state index in [1.807, 2.05) is 4.90 Å². The Hall–Kier alpha value is -2.50. The minimum absolute atomic E-state index is 0.0289. The van der Waals surface area contributed by atoms with Crippen molar-refractivity contribution in [1.82, 2.24) is 14.9 Å². The molecule has 6 heteroatoms. The third-order valence-corrected chi connectivity index (χ3v) is 4.63. The Kier molecular flexibility index (Phi) is 5.58. The van der Waals surface area contributed by atoms with E-state index >= 15 is 0 Å². The van der Waals surface area contributed by atoms with Crippen LogP contribution in [0.2, 0.25) is 0 Å². The monoisotopic (exact) mass is 342 g/mol. The van der Waals surface area contributed by atoms with Crippen LogP contribution in [0, 0.1) is 5.82 Å². The Labute approximate surface area is 147 Å². The molecule has 1 aromatic heterocycles. The van der Waals surface area contributed by atoms with Crippen molar-refractivity contribution in [1.29, 1.82) is 0 Å². The number of carbonyl (C=O) groups is 1. The summed E-state index contributed by atoms with van der Waals surface area (Å²) in [6.45, 7) is 3.41. The third kappa shape index (κ3) is 4.32. The number of amides is 1. The van der Waals surface area contributed by atoms with Gasteiger partial charge in [-0.1, -0.05) is 19.1 Å². The number of hydrogen-bond acceptors (Lipinski definition) is 4. The highest BCUT2D eigenvalue weighted by Crippen LogP contribution is 2.21. The molecule has 1 N–H and O–H groups in total. The molecule has 0 spiro atoms. The maximum absolute atomic E-state index is 12.9. The molecule has 1 fully saturated rings. The second-order valence-corrected chi connectivity index (χ2v) is 6.32. The summed E-state index contributed by atoms with van der Waals surface area (Å²) in [5, 5.41) is 3.16. The zero-order chi connectivity index (χ0) is 17.6. The van der Waals surface area contributed by atoms with Crippen LogP contribution in [-0.2, 0) is 6.54 Å². The Morgan fingerprint density at radius 1 is 1.28 bits per heavy atom. The predicted octanol–water partition coefficient (Wildman–Crippen LogP) is 3.63. The van der Waals surface area contributed by atoms with Crippen LogP contribution in [0.3, 0.4) is 0 Å². The zero-order valence-corrected chi connectivity index (χ0v) is 14.4. The first-order valence-electron chi connectivity index (χ1n) is 8.78. The molecule has 1 aliphatic heterocycles. The highest BCUT2D eigenvalue weighted by atomic mass is 19.1. The molecule has 2 aromatic rings. The quantitative estimate of drug-likeness (QED) is 0.901. The standard InChI is InChI=1S/C19H23FN4O/c1-2-16-5-3-4-10-24(16)19(25)17-11-18(23-13-22-17)21-12-14-6-8-15(20)9-7-14/h6-9,11,13,16H,2-5,10,12H2,1H3,(H,21,22,23). The van der Waals surface area contributed by atoms with Gasteiger partial charge in [-0.15, -0.1) is 0 Å². The number of halogens is 1. The number of piperidine rings is 1. The van der Waals surface area contributed by atoms with Crippen LogP contribution in [-0.4, -0.2) is 33.4 Å². The van der Waals surface area contributed by atoms with Gasteiger partial charge in [0.2, 0.25) is 0 Å². The molecule has 5 nitrogen and oxygen atoms in total. The van der Waals surface area contributed by atoms with Crippen molar-refractivity contribution in [2.24, 2.45) is 0 Å². The second kappa shape index (κ2) is 8.05. The lowest BCUT2D eigenvalue weighted by atomic mass is 9.99. The van der Waals surface area contributed by atoms with E-state index in [1.54, 1.807) is 18.2 Å². The summed E-state index contributed by atoms with van der Waals surface area (Å²) in [5.41, 5.74) is 1.35. The number of carbonyl (C=O) groups excluding carboxylic acids is 1. The largest absolute Gasteiger partial charge is 0.366 e. The van der Waals surface area contributed by atoms with E-state index in [9.17, 15) is 9.18 Å². The Balaban J connectivity index is 1.68. The fraction of sp³-hybridized carbons (Fsp3) is 0.421. The Bertz CT molecular complexity index is 720. The highest BCUT2D eigenvalue weighted by Gasteiger charge is 2.27. The van der Waals surface area contributed by atoms with Gasteiger partial charge in [0.15, 0.2) is 0 Å². The topological polar surface area (TPSA) is 58.1 Å². The lowest BCUT2D eigenvalue weighted by molar-refractivity contribution is 0.0602. The van der Waals surface area contributed by atoms with Gasteiger partial charge in [0, 0.05) is 25.2 Å². The number of likely N-dealkylation sites (tertiary alicyclic amines) is 1.